The lowest BCUT2D eigenvalue weighted by Gasteiger charge is -2.27. The standard InChI is InChI=1S/C32H69N3O3/c1-3-5-7-9-11-13-15-17-19-21-23-33-27-31(37)29-35(25-26-36)30-32(38)28-34-24-22-20-18-16-14-12-10-8-6-4-2/h31-34,36-38H,3-30H2,1-2H3. The Balaban J connectivity index is 3.66. The smallest absolute Gasteiger partial charge is 0.0791 e. The molecule has 0 heterocycles. The van der Waals surface area contributed by atoms with Crippen LogP contribution in [0.3, 0.4) is 0 Å². The van der Waals surface area contributed by atoms with Crippen molar-refractivity contribution in [3.05, 3.63) is 0 Å². The van der Waals surface area contributed by atoms with Crippen molar-refractivity contribution >= 4 is 0 Å². The molecule has 0 aromatic heterocycles. The van der Waals surface area contributed by atoms with Crippen molar-refractivity contribution in [2.75, 3.05) is 52.4 Å². The van der Waals surface area contributed by atoms with Gasteiger partial charge < -0.3 is 26.0 Å². The molecule has 6 nitrogen and oxygen atoms in total. The largest absolute Gasteiger partial charge is 0.395 e. The van der Waals surface area contributed by atoms with Crippen LogP contribution in [0.25, 0.3) is 0 Å². The highest BCUT2D eigenvalue weighted by Crippen LogP contribution is 2.11. The summed E-state index contributed by atoms with van der Waals surface area (Å²) in [6, 6.07) is 0. The molecule has 0 aromatic rings. The van der Waals surface area contributed by atoms with Gasteiger partial charge >= 0.3 is 0 Å². The van der Waals surface area contributed by atoms with Gasteiger partial charge in [0.25, 0.3) is 0 Å². The van der Waals surface area contributed by atoms with E-state index in [-0.39, 0.29) is 6.61 Å². The van der Waals surface area contributed by atoms with Crippen molar-refractivity contribution in [1.29, 1.82) is 0 Å². The molecule has 0 saturated carbocycles. The van der Waals surface area contributed by atoms with Crippen molar-refractivity contribution in [3.8, 4) is 0 Å². The average Bonchev–Trinajstić information content (AvgIpc) is 2.90. The summed E-state index contributed by atoms with van der Waals surface area (Å²) < 4.78 is 0. The zero-order valence-electron chi connectivity index (χ0n) is 25.7. The molecule has 230 valence electrons. The number of hydrogen-bond donors (Lipinski definition) is 5. The van der Waals surface area contributed by atoms with Crippen molar-refractivity contribution < 1.29 is 15.3 Å². The van der Waals surface area contributed by atoms with Gasteiger partial charge in [-0.15, -0.1) is 0 Å². The molecule has 2 atom stereocenters. The molecule has 0 rings (SSSR count). The number of aliphatic hydroxyl groups is 3. The quantitative estimate of drug-likeness (QED) is 0.0667. The first-order valence-electron chi connectivity index (χ1n) is 16.7. The van der Waals surface area contributed by atoms with Crippen LogP contribution in [0.5, 0.6) is 0 Å². The molecule has 38 heavy (non-hydrogen) atoms. The summed E-state index contributed by atoms with van der Waals surface area (Å²) in [5, 5.41) is 37.0. The zero-order chi connectivity index (χ0) is 27.9. The Labute approximate surface area is 237 Å². The van der Waals surface area contributed by atoms with E-state index in [0.29, 0.717) is 32.7 Å². The van der Waals surface area contributed by atoms with E-state index in [9.17, 15) is 15.3 Å². The van der Waals surface area contributed by atoms with E-state index < -0.39 is 12.2 Å². The van der Waals surface area contributed by atoms with Gasteiger partial charge in [-0.25, -0.2) is 0 Å². The lowest BCUT2D eigenvalue weighted by molar-refractivity contribution is 0.0595. The fourth-order valence-corrected chi connectivity index (χ4v) is 5.14. The van der Waals surface area contributed by atoms with Crippen LogP contribution in [0.1, 0.15) is 142 Å². The van der Waals surface area contributed by atoms with Crippen LogP contribution in [-0.4, -0.2) is 84.8 Å². The minimum atomic E-state index is -0.489. The molecule has 2 unspecified atom stereocenters. The number of rotatable bonds is 32. The van der Waals surface area contributed by atoms with Gasteiger partial charge in [0.15, 0.2) is 0 Å². The summed E-state index contributed by atoms with van der Waals surface area (Å²) in [4.78, 5) is 1.97. The third-order valence-electron chi connectivity index (χ3n) is 7.53. The predicted octanol–water partition coefficient (Wildman–Crippen LogP) is 6.02. The van der Waals surface area contributed by atoms with E-state index in [2.05, 4.69) is 24.5 Å². The molecule has 5 N–H and O–H groups in total. The van der Waals surface area contributed by atoms with Crippen LogP contribution in [0.2, 0.25) is 0 Å². The van der Waals surface area contributed by atoms with E-state index in [0.717, 1.165) is 25.9 Å². The molecule has 0 bridgehead atoms. The Morgan fingerprint density at radius 3 is 1.13 bits per heavy atom. The van der Waals surface area contributed by atoms with Crippen LogP contribution in [0.15, 0.2) is 0 Å². The molecule has 0 spiro atoms. The van der Waals surface area contributed by atoms with Crippen LogP contribution < -0.4 is 10.6 Å². The highest BCUT2D eigenvalue weighted by atomic mass is 16.3. The summed E-state index contributed by atoms with van der Waals surface area (Å²) in [5.41, 5.74) is 0. The minimum absolute atomic E-state index is 0.0392. The van der Waals surface area contributed by atoms with Crippen LogP contribution in [0.4, 0.5) is 0 Å². The lowest BCUT2D eigenvalue weighted by atomic mass is 10.1. The lowest BCUT2D eigenvalue weighted by Crippen LogP contribution is -2.45. The molecule has 0 aromatic carbocycles. The van der Waals surface area contributed by atoms with E-state index in [1.807, 2.05) is 4.90 Å². The van der Waals surface area contributed by atoms with Crippen LogP contribution in [-0.2, 0) is 0 Å². The third kappa shape index (κ3) is 28.8. The second kappa shape index (κ2) is 31.3. The van der Waals surface area contributed by atoms with Gasteiger partial charge in [0, 0.05) is 32.7 Å². The Morgan fingerprint density at radius 1 is 0.500 bits per heavy atom. The Bertz CT molecular complexity index is 406. The summed E-state index contributed by atoms with van der Waals surface area (Å²) in [6.45, 7) is 9.01. The second-order valence-electron chi connectivity index (χ2n) is 11.6. The number of unbranched alkanes of at least 4 members (excludes halogenated alkanes) is 18. The molecule has 6 heteroatoms. The predicted molar refractivity (Wildman–Crippen MR) is 165 cm³/mol. The van der Waals surface area contributed by atoms with Gasteiger partial charge in [-0.1, -0.05) is 129 Å². The molecular weight excluding hydrogens is 474 g/mol. The van der Waals surface area contributed by atoms with E-state index >= 15 is 0 Å². The monoisotopic (exact) mass is 544 g/mol. The summed E-state index contributed by atoms with van der Waals surface area (Å²) >= 11 is 0. The highest BCUT2D eigenvalue weighted by Gasteiger charge is 2.15. The molecule has 0 amide bonds. The summed E-state index contributed by atoms with van der Waals surface area (Å²) in [6.07, 6.45) is 25.7. The van der Waals surface area contributed by atoms with E-state index in [4.69, 9.17) is 0 Å². The number of aliphatic hydroxyl groups excluding tert-OH is 3. The number of hydrogen-bond acceptors (Lipinski definition) is 6. The van der Waals surface area contributed by atoms with Gasteiger partial charge in [0.2, 0.25) is 0 Å². The Morgan fingerprint density at radius 2 is 0.816 bits per heavy atom. The van der Waals surface area contributed by atoms with E-state index in [1.165, 1.54) is 116 Å². The maximum atomic E-state index is 10.4. The summed E-state index contributed by atoms with van der Waals surface area (Å²) in [5.74, 6) is 0. The minimum Gasteiger partial charge on any atom is -0.395 e. The van der Waals surface area contributed by atoms with Crippen LogP contribution in [0, 0.1) is 0 Å². The molecule has 0 aliphatic carbocycles. The third-order valence-corrected chi connectivity index (χ3v) is 7.53. The summed E-state index contributed by atoms with van der Waals surface area (Å²) in [7, 11) is 0. The zero-order valence-corrected chi connectivity index (χ0v) is 25.7. The van der Waals surface area contributed by atoms with Gasteiger partial charge in [-0.3, -0.25) is 4.90 Å². The first-order valence-corrected chi connectivity index (χ1v) is 16.7. The second-order valence-corrected chi connectivity index (χ2v) is 11.6. The number of nitrogens with zero attached hydrogens (tertiary/aromatic N) is 1. The fourth-order valence-electron chi connectivity index (χ4n) is 5.14. The average molecular weight is 544 g/mol. The maximum Gasteiger partial charge on any atom is 0.0791 e. The Kier molecular flexibility index (Phi) is 31.1. The fraction of sp³-hybridized carbons (Fsp3) is 1.00. The molecule has 0 aliphatic rings. The highest BCUT2D eigenvalue weighted by molar-refractivity contribution is 4.72. The topological polar surface area (TPSA) is 88.0 Å². The van der Waals surface area contributed by atoms with Crippen molar-refractivity contribution in [2.45, 2.75) is 154 Å². The normalized spacial score (nSPS) is 13.4. The molecule has 0 fully saturated rings. The van der Waals surface area contributed by atoms with Gasteiger partial charge in [0.05, 0.1) is 18.8 Å². The first-order chi connectivity index (χ1) is 18.6. The van der Waals surface area contributed by atoms with Gasteiger partial charge in [-0.05, 0) is 25.9 Å². The molecule has 0 saturated heterocycles. The van der Waals surface area contributed by atoms with Crippen LogP contribution >= 0.6 is 0 Å². The molecular formula is C32H69N3O3. The molecule has 0 aliphatic heterocycles. The van der Waals surface area contributed by atoms with Gasteiger partial charge in [0.1, 0.15) is 0 Å². The van der Waals surface area contributed by atoms with Crippen molar-refractivity contribution in [3.63, 3.8) is 0 Å². The van der Waals surface area contributed by atoms with Crippen molar-refractivity contribution in [2.24, 2.45) is 0 Å². The molecule has 0 radical (unpaired) electrons. The first kappa shape index (κ1) is 37.8. The van der Waals surface area contributed by atoms with Gasteiger partial charge in [-0.2, -0.15) is 0 Å². The Hall–Kier alpha value is -0.240. The van der Waals surface area contributed by atoms with Crippen molar-refractivity contribution in [1.82, 2.24) is 15.5 Å². The maximum absolute atomic E-state index is 10.4. The number of nitrogens with one attached hydrogen (secondary N) is 2. The SMILES string of the molecule is CCCCCCCCCCCCNCC(O)CN(CCO)CC(O)CNCCCCCCCCCCCC. The van der Waals surface area contributed by atoms with E-state index in [1.54, 1.807) is 0 Å².